The maximum absolute atomic E-state index is 5.98. The molecule has 0 amide bonds. The van der Waals surface area contributed by atoms with Crippen LogP contribution >= 0.6 is 0 Å². The molecule has 8 nitrogen and oxygen atoms in total. The topological polar surface area (TPSA) is 93.3 Å². The van der Waals surface area contributed by atoms with Crippen LogP contribution < -0.4 is 21.1 Å². The van der Waals surface area contributed by atoms with Gasteiger partial charge in [0, 0.05) is 37.9 Å². The Hall–Kier alpha value is -2.84. The van der Waals surface area contributed by atoms with Gasteiger partial charge in [-0.25, -0.2) is 4.98 Å². The van der Waals surface area contributed by atoms with Crippen LogP contribution in [-0.4, -0.2) is 59.3 Å². The number of likely N-dealkylation sites (tertiary alicyclic amines) is 1. The molecule has 202 valence electrons. The van der Waals surface area contributed by atoms with E-state index < -0.39 is 0 Å². The minimum Gasteiger partial charge on any atom is -0.496 e. The first kappa shape index (κ1) is 27.2. The maximum Gasteiger partial charge on any atom is 0.222 e. The summed E-state index contributed by atoms with van der Waals surface area (Å²) >= 11 is 0. The highest BCUT2D eigenvalue weighted by atomic mass is 16.5. The van der Waals surface area contributed by atoms with Crippen molar-refractivity contribution >= 4 is 22.8 Å². The number of unbranched alkanes of at least 4 members (excludes halogenated alkanes) is 2. The summed E-state index contributed by atoms with van der Waals surface area (Å²) < 4.78 is 8.01. The molecular formula is C29H45N7O. The van der Waals surface area contributed by atoms with Crippen molar-refractivity contribution in [1.82, 2.24) is 24.8 Å². The highest BCUT2D eigenvalue weighted by Crippen LogP contribution is 2.39. The van der Waals surface area contributed by atoms with Crippen molar-refractivity contribution in [3.63, 3.8) is 0 Å². The summed E-state index contributed by atoms with van der Waals surface area (Å²) in [6.45, 7) is 13.5. The number of anilines is 2. The largest absolute Gasteiger partial charge is 0.496 e. The van der Waals surface area contributed by atoms with Crippen LogP contribution in [0, 0.1) is 5.41 Å². The zero-order chi connectivity index (χ0) is 26.3. The van der Waals surface area contributed by atoms with Crippen molar-refractivity contribution in [2.75, 3.05) is 50.9 Å². The molecule has 0 unspecified atom stereocenters. The lowest BCUT2D eigenvalue weighted by molar-refractivity contribution is -0.0282. The van der Waals surface area contributed by atoms with Crippen molar-refractivity contribution in [2.24, 2.45) is 5.41 Å². The fraction of sp³-hybridized carbons (Fsp3) is 0.586. The average Bonchev–Trinajstić information content (AvgIpc) is 3.30. The molecule has 5 rings (SSSR count). The maximum atomic E-state index is 5.98. The van der Waals surface area contributed by atoms with Gasteiger partial charge in [0.2, 0.25) is 5.95 Å². The van der Waals surface area contributed by atoms with E-state index in [9.17, 15) is 0 Å². The number of fused-ring (bicyclic) bond motifs is 1. The molecule has 0 radical (unpaired) electrons. The van der Waals surface area contributed by atoms with Crippen LogP contribution in [0.2, 0.25) is 0 Å². The molecule has 8 heteroatoms. The number of nitrogens with zero attached hydrogens (tertiary/aromatic N) is 4. The zero-order valence-corrected chi connectivity index (χ0v) is 23.1. The number of hydrogen-bond acceptors (Lipinski definition) is 7. The Morgan fingerprint density at radius 3 is 2.59 bits per heavy atom. The fourth-order valence-corrected chi connectivity index (χ4v) is 5.71. The van der Waals surface area contributed by atoms with E-state index >= 15 is 0 Å². The van der Waals surface area contributed by atoms with Gasteiger partial charge < -0.3 is 25.7 Å². The smallest absolute Gasteiger partial charge is 0.222 e. The van der Waals surface area contributed by atoms with Gasteiger partial charge >= 0.3 is 0 Å². The van der Waals surface area contributed by atoms with Gasteiger partial charge in [0.15, 0.2) is 5.82 Å². The first-order valence-corrected chi connectivity index (χ1v) is 14.0. The third-order valence-corrected chi connectivity index (χ3v) is 7.58. The number of benzene rings is 1. The molecule has 0 aliphatic carbocycles. The number of piperidine rings is 1. The number of hydrogen-bond donors (Lipinski definition) is 3. The molecule has 37 heavy (non-hydrogen) atoms. The molecule has 2 fully saturated rings. The standard InChI is InChI=1S/C27H39N7O.C2H6/c1-3-4-5-11-30-25-24-22(31-26(28)32-25)8-14-34(24)17-21-7-6-20(15-23(21)35-2)16-33-18-27(19-33)9-12-29-13-10-27;1-2/h6-8,14-15,29H,3-5,9-13,16-19H2,1-2H3,(H3,28,30,31,32);1-2H3. The van der Waals surface area contributed by atoms with Crippen LogP contribution in [0.1, 0.15) is 64.0 Å². The Balaban J connectivity index is 0.00000156. The van der Waals surface area contributed by atoms with Crippen LogP contribution in [-0.2, 0) is 13.1 Å². The number of aromatic nitrogens is 3. The Bertz CT molecular complexity index is 1140. The van der Waals surface area contributed by atoms with Crippen LogP contribution in [0.5, 0.6) is 5.75 Å². The number of rotatable bonds is 10. The van der Waals surface area contributed by atoms with E-state index in [0.29, 0.717) is 17.9 Å². The highest BCUT2D eigenvalue weighted by Gasteiger charge is 2.42. The molecule has 4 heterocycles. The molecule has 1 spiro atoms. The predicted octanol–water partition coefficient (Wildman–Crippen LogP) is 4.88. The minimum absolute atomic E-state index is 0.299. The predicted molar refractivity (Wildman–Crippen MR) is 153 cm³/mol. The molecule has 0 atom stereocenters. The average molecular weight is 508 g/mol. The molecule has 0 saturated carbocycles. The number of nitrogen functional groups attached to an aromatic ring is 1. The molecule has 4 N–H and O–H groups in total. The van der Waals surface area contributed by atoms with Crippen LogP contribution in [0.15, 0.2) is 30.5 Å². The van der Waals surface area contributed by atoms with Crippen molar-refractivity contribution in [3.8, 4) is 5.75 Å². The van der Waals surface area contributed by atoms with Gasteiger partial charge in [-0.2, -0.15) is 4.98 Å². The lowest BCUT2D eigenvalue weighted by Crippen LogP contribution is -2.59. The molecule has 2 aliphatic heterocycles. The molecule has 2 saturated heterocycles. The van der Waals surface area contributed by atoms with E-state index in [4.69, 9.17) is 10.5 Å². The summed E-state index contributed by atoms with van der Waals surface area (Å²) in [5, 5.41) is 6.97. The van der Waals surface area contributed by atoms with E-state index in [1.807, 2.05) is 19.9 Å². The number of nitrogens with two attached hydrogens (primary N) is 1. The van der Waals surface area contributed by atoms with Crippen LogP contribution in [0.4, 0.5) is 11.8 Å². The second-order valence-corrected chi connectivity index (χ2v) is 10.3. The summed E-state index contributed by atoms with van der Waals surface area (Å²) in [7, 11) is 1.76. The third kappa shape index (κ3) is 6.36. The zero-order valence-electron chi connectivity index (χ0n) is 23.1. The number of nitrogens with one attached hydrogen (secondary N) is 2. The van der Waals surface area contributed by atoms with Crippen molar-refractivity contribution in [1.29, 1.82) is 0 Å². The van der Waals surface area contributed by atoms with E-state index in [-0.39, 0.29) is 0 Å². The molecule has 1 aromatic carbocycles. The van der Waals surface area contributed by atoms with Crippen molar-refractivity contribution in [3.05, 3.63) is 41.6 Å². The fourth-order valence-electron chi connectivity index (χ4n) is 5.71. The SMILES string of the molecule is CC.CCCCCNc1nc(N)nc2ccn(Cc3ccc(CN4CC5(CCNCC5)C4)cc3OC)c12. The molecule has 2 aliphatic rings. The van der Waals surface area contributed by atoms with Gasteiger partial charge in [0.25, 0.3) is 0 Å². The second-order valence-electron chi connectivity index (χ2n) is 10.3. The van der Waals surface area contributed by atoms with E-state index in [1.165, 1.54) is 44.3 Å². The first-order chi connectivity index (χ1) is 18.1. The number of methoxy groups -OCH3 is 1. The Morgan fingerprint density at radius 1 is 1.08 bits per heavy atom. The number of ether oxygens (including phenoxy) is 1. The van der Waals surface area contributed by atoms with Crippen LogP contribution in [0.3, 0.4) is 0 Å². The molecule has 0 bridgehead atoms. The quantitative estimate of drug-likeness (QED) is 0.337. The Labute approximate surface area is 222 Å². The Morgan fingerprint density at radius 2 is 1.86 bits per heavy atom. The lowest BCUT2D eigenvalue weighted by atomic mass is 9.72. The Kier molecular flexibility index (Phi) is 9.27. The van der Waals surface area contributed by atoms with Crippen molar-refractivity contribution < 1.29 is 4.74 Å². The summed E-state index contributed by atoms with van der Waals surface area (Å²) in [5.41, 5.74) is 10.8. The van der Waals surface area contributed by atoms with Gasteiger partial charge in [-0.15, -0.1) is 0 Å². The lowest BCUT2D eigenvalue weighted by Gasteiger charge is -2.52. The van der Waals surface area contributed by atoms with E-state index in [1.54, 1.807) is 7.11 Å². The van der Waals surface area contributed by atoms with Gasteiger partial charge in [-0.1, -0.05) is 45.7 Å². The normalized spacial score (nSPS) is 16.8. The summed E-state index contributed by atoms with van der Waals surface area (Å²) in [4.78, 5) is 11.5. The summed E-state index contributed by atoms with van der Waals surface area (Å²) in [5.74, 6) is 2.02. The highest BCUT2D eigenvalue weighted by molar-refractivity contribution is 5.87. The second kappa shape index (κ2) is 12.6. The summed E-state index contributed by atoms with van der Waals surface area (Å²) in [6, 6.07) is 8.65. The van der Waals surface area contributed by atoms with E-state index in [0.717, 1.165) is 60.8 Å². The molecular weight excluding hydrogens is 462 g/mol. The van der Waals surface area contributed by atoms with E-state index in [2.05, 4.69) is 61.4 Å². The first-order valence-electron chi connectivity index (χ1n) is 14.0. The van der Waals surface area contributed by atoms with Gasteiger partial charge in [-0.05, 0) is 55.5 Å². The minimum atomic E-state index is 0.299. The monoisotopic (exact) mass is 507 g/mol. The van der Waals surface area contributed by atoms with Gasteiger partial charge in [-0.3, -0.25) is 4.90 Å². The molecule has 2 aromatic heterocycles. The van der Waals surface area contributed by atoms with Crippen LogP contribution in [0.25, 0.3) is 11.0 Å². The summed E-state index contributed by atoms with van der Waals surface area (Å²) in [6.07, 6.45) is 8.15. The third-order valence-electron chi connectivity index (χ3n) is 7.58. The molecule has 3 aromatic rings. The van der Waals surface area contributed by atoms with Gasteiger partial charge in [0.1, 0.15) is 11.3 Å². The van der Waals surface area contributed by atoms with Gasteiger partial charge in [0.05, 0.1) is 19.2 Å². The van der Waals surface area contributed by atoms with Crippen molar-refractivity contribution in [2.45, 2.75) is 66.0 Å².